The van der Waals surface area contributed by atoms with Crippen molar-refractivity contribution in [2.45, 2.75) is 18.9 Å². The van der Waals surface area contributed by atoms with Gasteiger partial charge in [0, 0.05) is 33.0 Å². The minimum Gasteiger partial charge on any atom is -0.490 e. The van der Waals surface area contributed by atoms with E-state index in [1.54, 1.807) is 24.1 Å². The average molecular weight is 278 g/mol. The molecule has 0 spiro atoms. The van der Waals surface area contributed by atoms with E-state index in [1.165, 1.54) is 12.1 Å². The predicted octanol–water partition coefficient (Wildman–Crippen LogP) is 1.57. The van der Waals surface area contributed by atoms with Gasteiger partial charge in [-0.1, -0.05) is 0 Å². The summed E-state index contributed by atoms with van der Waals surface area (Å²) in [6.07, 6.45) is 1.61. The van der Waals surface area contributed by atoms with E-state index >= 15 is 0 Å². The molecule has 0 unspecified atom stereocenters. The highest BCUT2D eigenvalue weighted by molar-refractivity contribution is 5.87. The topological polar surface area (TPSA) is 78.9 Å². The molecule has 1 aromatic carbocycles. The van der Waals surface area contributed by atoms with Crippen LogP contribution in [-0.2, 0) is 0 Å². The van der Waals surface area contributed by atoms with Gasteiger partial charge in [-0.05, 0) is 24.3 Å². The summed E-state index contributed by atoms with van der Waals surface area (Å²) in [5, 5.41) is 11.4. The number of likely N-dealkylation sites (tertiary alicyclic amines) is 1. The Bertz CT molecular complexity index is 478. The van der Waals surface area contributed by atoms with Gasteiger partial charge in [-0.25, -0.2) is 9.59 Å². The molecule has 0 bridgehead atoms. The number of carbonyl (C=O) groups excluding carboxylic acids is 1. The number of carboxylic acid groups (broad SMARTS) is 1. The molecule has 0 radical (unpaired) electrons. The quantitative estimate of drug-likeness (QED) is 0.879. The number of aromatic carboxylic acids is 1. The normalized spacial score (nSPS) is 15.8. The van der Waals surface area contributed by atoms with E-state index in [9.17, 15) is 9.59 Å². The van der Waals surface area contributed by atoms with Crippen LogP contribution in [0, 0.1) is 0 Å². The zero-order chi connectivity index (χ0) is 14.5. The fourth-order valence-electron chi connectivity index (χ4n) is 2.20. The minimum absolute atomic E-state index is 0.0609. The van der Waals surface area contributed by atoms with E-state index in [2.05, 4.69) is 5.32 Å². The number of carbonyl (C=O) groups is 2. The second-order valence-electron chi connectivity index (χ2n) is 4.69. The van der Waals surface area contributed by atoms with Crippen molar-refractivity contribution in [3.8, 4) is 5.75 Å². The summed E-state index contributed by atoms with van der Waals surface area (Å²) >= 11 is 0. The van der Waals surface area contributed by atoms with Gasteiger partial charge in [-0.15, -0.1) is 0 Å². The summed E-state index contributed by atoms with van der Waals surface area (Å²) in [4.78, 5) is 24.0. The number of carboxylic acids is 1. The maximum absolute atomic E-state index is 11.5. The molecule has 1 aliphatic rings. The third kappa shape index (κ3) is 3.40. The van der Waals surface area contributed by atoms with E-state index in [4.69, 9.17) is 9.84 Å². The first kappa shape index (κ1) is 14.2. The zero-order valence-corrected chi connectivity index (χ0v) is 11.3. The van der Waals surface area contributed by atoms with Crippen LogP contribution in [0.3, 0.4) is 0 Å². The largest absolute Gasteiger partial charge is 0.490 e. The highest BCUT2D eigenvalue weighted by Gasteiger charge is 2.23. The van der Waals surface area contributed by atoms with Crippen LogP contribution >= 0.6 is 0 Å². The molecule has 0 aromatic heterocycles. The molecule has 1 fully saturated rings. The SMILES string of the molecule is CNC(=O)N1CCC(Oc2ccc(C(=O)O)cc2)CC1. The maximum atomic E-state index is 11.5. The number of hydrogen-bond acceptors (Lipinski definition) is 3. The number of benzene rings is 1. The first-order chi connectivity index (χ1) is 9.60. The van der Waals surface area contributed by atoms with Crippen LogP contribution in [0.2, 0.25) is 0 Å². The second-order valence-corrected chi connectivity index (χ2v) is 4.69. The number of amides is 2. The lowest BCUT2D eigenvalue weighted by Gasteiger charge is -2.31. The number of nitrogens with one attached hydrogen (secondary N) is 1. The smallest absolute Gasteiger partial charge is 0.335 e. The van der Waals surface area contributed by atoms with Crippen LogP contribution in [0.1, 0.15) is 23.2 Å². The molecule has 2 amide bonds. The molecule has 1 heterocycles. The molecule has 1 aliphatic heterocycles. The van der Waals surface area contributed by atoms with Crippen molar-refractivity contribution in [3.63, 3.8) is 0 Å². The number of rotatable bonds is 3. The number of ether oxygens (including phenoxy) is 1. The zero-order valence-electron chi connectivity index (χ0n) is 11.3. The lowest BCUT2D eigenvalue weighted by molar-refractivity contribution is 0.0697. The van der Waals surface area contributed by atoms with Crippen molar-refractivity contribution in [2.75, 3.05) is 20.1 Å². The Morgan fingerprint density at radius 2 is 1.85 bits per heavy atom. The Labute approximate surface area is 117 Å². The van der Waals surface area contributed by atoms with E-state index in [1.807, 2.05) is 0 Å². The second kappa shape index (κ2) is 6.27. The van der Waals surface area contributed by atoms with Crippen molar-refractivity contribution in [1.82, 2.24) is 10.2 Å². The number of nitrogens with zero attached hydrogens (tertiary/aromatic N) is 1. The van der Waals surface area contributed by atoms with Gasteiger partial charge in [0.25, 0.3) is 0 Å². The molecule has 0 saturated carbocycles. The molecular weight excluding hydrogens is 260 g/mol. The highest BCUT2D eigenvalue weighted by Crippen LogP contribution is 2.19. The Kier molecular flexibility index (Phi) is 4.45. The molecule has 1 saturated heterocycles. The average Bonchev–Trinajstić information content (AvgIpc) is 2.48. The number of piperidine rings is 1. The summed E-state index contributed by atoms with van der Waals surface area (Å²) in [7, 11) is 1.62. The molecule has 2 N–H and O–H groups in total. The van der Waals surface area contributed by atoms with Crippen molar-refractivity contribution >= 4 is 12.0 Å². The van der Waals surface area contributed by atoms with Gasteiger partial charge >= 0.3 is 12.0 Å². The van der Waals surface area contributed by atoms with Gasteiger partial charge < -0.3 is 20.1 Å². The lowest BCUT2D eigenvalue weighted by Crippen LogP contribution is -2.45. The Balaban J connectivity index is 1.86. The Hall–Kier alpha value is -2.24. The molecule has 6 heteroatoms. The lowest BCUT2D eigenvalue weighted by atomic mass is 10.1. The van der Waals surface area contributed by atoms with Crippen LogP contribution in [0.4, 0.5) is 4.79 Å². The van der Waals surface area contributed by atoms with Crippen molar-refractivity contribution < 1.29 is 19.4 Å². The highest BCUT2D eigenvalue weighted by atomic mass is 16.5. The summed E-state index contributed by atoms with van der Waals surface area (Å²) in [5.74, 6) is -0.288. The first-order valence-electron chi connectivity index (χ1n) is 6.57. The van der Waals surface area contributed by atoms with E-state index in [0.29, 0.717) is 18.8 Å². The van der Waals surface area contributed by atoms with Crippen molar-refractivity contribution in [2.24, 2.45) is 0 Å². The Morgan fingerprint density at radius 1 is 1.25 bits per heavy atom. The Morgan fingerprint density at radius 3 is 2.35 bits per heavy atom. The van der Waals surface area contributed by atoms with Gasteiger partial charge in [0.05, 0.1) is 5.56 Å². The molecule has 6 nitrogen and oxygen atoms in total. The molecule has 1 aromatic rings. The number of urea groups is 1. The van der Waals surface area contributed by atoms with Gasteiger partial charge in [-0.2, -0.15) is 0 Å². The molecular formula is C14H18N2O4. The van der Waals surface area contributed by atoms with Gasteiger partial charge in [0.2, 0.25) is 0 Å². The third-order valence-corrected chi connectivity index (χ3v) is 3.35. The van der Waals surface area contributed by atoms with Crippen LogP contribution in [0.5, 0.6) is 5.75 Å². The molecule has 0 aliphatic carbocycles. The van der Waals surface area contributed by atoms with Gasteiger partial charge in [0.15, 0.2) is 0 Å². The summed E-state index contributed by atoms with van der Waals surface area (Å²) in [5.41, 5.74) is 0.242. The third-order valence-electron chi connectivity index (χ3n) is 3.35. The van der Waals surface area contributed by atoms with E-state index < -0.39 is 5.97 Å². The minimum atomic E-state index is -0.949. The van der Waals surface area contributed by atoms with E-state index in [-0.39, 0.29) is 17.7 Å². The van der Waals surface area contributed by atoms with E-state index in [0.717, 1.165) is 12.8 Å². The van der Waals surface area contributed by atoms with Crippen LogP contribution in [0.15, 0.2) is 24.3 Å². The first-order valence-corrected chi connectivity index (χ1v) is 6.57. The summed E-state index contributed by atoms with van der Waals surface area (Å²) < 4.78 is 5.80. The van der Waals surface area contributed by atoms with Crippen molar-refractivity contribution in [1.29, 1.82) is 0 Å². The standard InChI is InChI=1S/C14H18N2O4/c1-15-14(19)16-8-6-12(7-9-16)20-11-4-2-10(3-5-11)13(17)18/h2-5,12H,6-9H2,1H3,(H,15,19)(H,17,18). The number of hydrogen-bond donors (Lipinski definition) is 2. The molecule has 20 heavy (non-hydrogen) atoms. The van der Waals surface area contributed by atoms with Crippen LogP contribution in [-0.4, -0.2) is 48.2 Å². The fourth-order valence-corrected chi connectivity index (χ4v) is 2.20. The van der Waals surface area contributed by atoms with Gasteiger partial charge in [-0.3, -0.25) is 0 Å². The van der Waals surface area contributed by atoms with Crippen LogP contribution in [0.25, 0.3) is 0 Å². The molecule has 108 valence electrons. The predicted molar refractivity (Wildman–Crippen MR) is 73.1 cm³/mol. The summed E-state index contributed by atoms with van der Waals surface area (Å²) in [6, 6.07) is 6.31. The van der Waals surface area contributed by atoms with Crippen molar-refractivity contribution in [3.05, 3.63) is 29.8 Å². The maximum Gasteiger partial charge on any atom is 0.335 e. The van der Waals surface area contributed by atoms with Gasteiger partial charge in [0.1, 0.15) is 11.9 Å². The fraction of sp³-hybridized carbons (Fsp3) is 0.429. The monoisotopic (exact) mass is 278 g/mol. The van der Waals surface area contributed by atoms with Crippen LogP contribution < -0.4 is 10.1 Å². The summed E-state index contributed by atoms with van der Waals surface area (Å²) in [6.45, 7) is 1.33. The molecule has 2 rings (SSSR count). The molecule has 0 atom stereocenters.